The van der Waals surface area contributed by atoms with Crippen LogP contribution in [0.2, 0.25) is 0 Å². The molecule has 0 heterocycles. The van der Waals surface area contributed by atoms with Crippen LogP contribution in [0.5, 0.6) is 0 Å². The molecule has 0 fully saturated rings. The van der Waals surface area contributed by atoms with Gasteiger partial charge in [0, 0.05) is 6.42 Å². The molecule has 0 aliphatic carbocycles. The summed E-state index contributed by atoms with van der Waals surface area (Å²) in [5.74, 6) is 0.331. The van der Waals surface area contributed by atoms with E-state index >= 15 is 0 Å². The molecule has 15 heavy (non-hydrogen) atoms. The summed E-state index contributed by atoms with van der Waals surface area (Å²) in [7, 11) is 0. The second kappa shape index (κ2) is 11.3. The first-order valence-corrected chi connectivity index (χ1v) is 5.98. The number of nitrogens with two attached hydrogens (primary N) is 1. The molecule has 0 saturated heterocycles. The van der Waals surface area contributed by atoms with E-state index in [4.69, 9.17) is 10.9 Å². The third kappa shape index (κ3) is 11.2. The maximum atomic E-state index is 8.31. The lowest BCUT2D eigenvalue weighted by Crippen LogP contribution is -2.17. The van der Waals surface area contributed by atoms with Gasteiger partial charge in [-0.05, 0) is 32.4 Å². The highest BCUT2D eigenvalue weighted by atomic mass is 16.4. The van der Waals surface area contributed by atoms with Gasteiger partial charge in [0.2, 0.25) is 0 Å². The zero-order valence-corrected chi connectivity index (χ0v) is 9.84. The number of hydrogen-bond donors (Lipinski definition) is 3. The van der Waals surface area contributed by atoms with E-state index in [0.29, 0.717) is 12.3 Å². The second-order valence-electron chi connectivity index (χ2n) is 3.86. The highest BCUT2D eigenvalue weighted by Gasteiger charge is 1.93. The SMILES string of the molecule is CCCCCCNCCCCC(N)=NO. The molecule has 0 aromatic carbocycles. The van der Waals surface area contributed by atoms with Crippen LogP contribution in [0.3, 0.4) is 0 Å². The molecule has 0 aliphatic heterocycles. The van der Waals surface area contributed by atoms with Crippen molar-refractivity contribution >= 4 is 5.84 Å². The number of hydrogen-bond acceptors (Lipinski definition) is 3. The van der Waals surface area contributed by atoms with E-state index in [1.165, 1.54) is 25.7 Å². The summed E-state index contributed by atoms with van der Waals surface area (Å²) in [6.45, 7) is 4.37. The Morgan fingerprint density at radius 2 is 1.80 bits per heavy atom. The fourth-order valence-electron chi connectivity index (χ4n) is 1.41. The van der Waals surface area contributed by atoms with Crippen LogP contribution in [-0.4, -0.2) is 24.1 Å². The van der Waals surface area contributed by atoms with Crippen LogP contribution in [0.15, 0.2) is 5.16 Å². The molecule has 4 N–H and O–H groups in total. The lowest BCUT2D eigenvalue weighted by molar-refractivity contribution is 0.316. The number of oxime groups is 1. The van der Waals surface area contributed by atoms with Gasteiger partial charge >= 0.3 is 0 Å². The standard InChI is InChI=1S/C11H25N3O/c1-2-3-4-6-9-13-10-7-5-8-11(12)14-15/h13,15H,2-10H2,1H3,(H2,12,14). The third-order valence-corrected chi connectivity index (χ3v) is 2.37. The predicted octanol–water partition coefficient (Wildman–Crippen LogP) is 2.07. The van der Waals surface area contributed by atoms with Gasteiger partial charge in [0.15, 0.2) is 0 Å². The highest BCUT2D eigenvalue weighted by Crippen LogP contribution is 1.97. The molecule has 0 aromatic heterocycles. The lowest BCUT2D eigenvalue weighted by Gasteiger charge is -2.03. The van der Waals surface area contributed by atoms with Crippen molar-refractivity contribution in [2.45, 2.75) is 51.9 Å². The zero-order chi connectivity index (χ0) is 11.4. The summed E-state index contributed by atoms with van der Waals surface area (Å²) in [4.78, 5) is 0. The van der Waals surface area contributed by atoms with Crippen LogP contribution in [0, 0.1) is 0 Å². The molecule has 0 aromatic rings. The number of unbranched alkanes of at least 4 members (excludes halogenated alkanes) is 4. The third-order valence-electron chi connectivity index (χ3n) is 2.37. The summed E-state index contributed by atoms with van der Waals surface area (Å²) in [5, 5.41) is 14.6. The van der Waals surface area contributed by atoms with E-state index in [1.807, 2.05) is 0 Å². The molecule has 0 bridgehead atoms. The minimum atomic E-state index is 0.331. The summed E-state index contributed by atoms with van der Waals surface area (Å²) in [6.07, 6.45) is 7.99. The largest absolute Gasteiger partial charge is 0.409 e. The summed E-state index contributed by atoms with van der Waals surface area (Å²) >= 11 is 0. The fraction of sp³-hybridized carbons (Fsp3) is 0.909. The van der Waals surface area contributed by atoms with E-state index < -0.39 is 0 Å². The molecule has 4 heteroatoms. The molecule has 0 aliphatic rings. The van der Waals surface area contributed by atoms with Crippen molar-refractivity contribution in [2.75, 3.05) is 13.1 Å². The average Bonchev–Trinajstić information content (AvgIpc) is 2.26. The van der Waals surface area contributed by atoms with E-state index in [-0.39, 0.29) is 0 Å². The zero-order valence-electron chi connectivity index (χ0n) is 9.84. The first-order valence-electron chi connectivity index (χ1n) is 5.98. The van der Waals surface area contributed by atoms with Gasteiger partial charge in [-0.3, -0.25) is 0 Å². The van der Waals surface area contributed by atoms with Gasteiger partial charge in [0.25, 0.3) is 0 Å². The van der Waals surface area contributed by atoms with Crippen molar-refractivity contribution in [3.8, 4) is 0 Å². The Hall–Kier alpha value is -0.770. The molecule has 0 radical (unpaired) electrons. The predicted molar refractivity (Wildman–Crippen MR) is 64.3 cm³/mol. The topological polar surface area (TPSA) is 70.6 Å². The minimum Gasteiger partial charge on any atom is -0.409 e. The van der Waals surface area contributed by atoms with Crippen molar-refractivity contribution in [3.63, 3.8) is 0 Å². The molecular weight excluding hydrogens is 190 g/mol. The van der Waals surface area contributed by atoms with Crippen molar-refractivity contribution < 1.29 is 5.21 Å². The van der Waals surface area contributed by atoms with Crippen LogP contribution >= 0.6 is 0 Å². The second-order valence-corrected chi connectivity index (χ2v) is 3.86. The Labute approximate surface area is 92.9 Å². The van der Waals surface area contributed by atoms with Gasteiger partial charge < -0.3 is 16.3 Å². The Bertz CT molecular complexity index is 160. The summed E-state index contributed by atoms with van der Waals surface area (Å²) in [5.41, 5.74) is 5.35. The molecule has 4 nitrogen and oxygen atoms in total. The first kappa shape index (κ1) is 14.2. The molecule has 0 saturated carbocycles. The quantitative estimate of drug-likeness (QED) is 0.172. The molecule has 0 amide bonds. The summed E-state index contributed by atoms with van der Waals surface area (Å²) < 4.78 is 0. The van der Waals surface area contributed by atoms with E-state index in [1.54, 1.807) is 0 Å². The van der Waals surface area contributed by atoms with E-state index in [2.05, 4.69) is 17.4 Å². The first-order chi connectivity index (χ1) is 7.31. The van der Waals surface area contributed by atoms with E-state index in [9.17, 15) is 0 Å². The molecule has 0 spiro atoms. The lowest BCUT2D eigenvalue weighted by atomic mass is 10.2. The number of rotatable bonds is 10. The minimum absolute atomic E-state index is 0.331. The molecule has 0 atom stereocenters. The van der Waals surface area contributed by atoms with Gasteiger partial charge in [0.1, 0.15) is 5.84 Å². The van der Waals surface area contributed by atoms with Crippen molar-refractivity contribution in [3.05, 3.63) is 0 Å². The van der Waals surface area contributed by atoms with Crippen LogP contribution in [0.1, 0.15) is 51.9 Å². The molecular formula is C11H25N3O. The van der Waals surface area contributed by atoms with Gasteiger partial charge in [-0.15, -0.1) is 0 Å². The van der Waals surface area contributed by atoms with Gasteiger partial charge in [-0.25, -0.2) is 0 Å². The fourth-order valence-corrected chi connectivity index (χ4v) is 1.41. The number of nitrogens with one attached hydrogen (secondary N) is 1. The van der Waals surface area contributed by atoms with Crippen molar-refractivity contribution in [1.82, 2.24) is 5.32 Å². The van der Waals surface area contributed by atoms with E-state index in [0.717, 1.165) is 25.9 Å². The van der Waals surface area contributed by atoms with Gasteiger partial charge in [-0.1, -0.05) is 31.3 Å². The van der Waals surface area contributed by atoms with Crippen LogP contribution in [0.4, 0.5) is 0 Å². The Morgan fingerprint density at radius 3 is 2.40 bits per heavy atom. The maximum absolute atomic E-state index is 8.31. The summed E-state index contributed by atoms with van der Waals surface area (Å²) in [6, 6.07) is 0. The molecule has 0 rings (SSSR count). The van der Waals surface area contributed by atoms with Crippen LogP contribution in [0.25, 0.3) is 0 Å². The monoisotopic (exact) mass is 215 g/mol. The smallest absolute Gasteiger partial charge is 0.139 e. The van der Waals surface area contributed by atoms with Gasteiger partial charge in [0.05, 0.1) is 0 Å². The van der Waals surface area contributed by atoms with Crippen molar-refractivity contribution in [2.24, 2.45) is 10.9 Å². The Kier molecular flexibility index (Phi) is 10.7. The number of amidine groups is 1. The normalized spacial score (nSPS) is 11.9. The van der Waals surface area contributed by atoms with Crippen LogP contribution < -0.4 is 11.1 Å². The van der Waals surface area contributed by atoms with Crippen molar-refractivity contribution in [1.29, 1.82) is 0 Å². The number of nitrogens with zero attached hydrogens (tertiary/aromatic N) is 1. The molecule has 0 unspecified atom stereocenters. The highest BCUT2D eigenvalue weighted by molar-refractivity contribution is 5.79. The average molecular weight is 215 g/mol. The van der Waals surface area contributed by atoms with Crippen LogP contribution in [-0.2, 0) is 0 Å². The Morgan fingerprint density at radius 1 is 1.13 bits per heavy atom. The van der Waals surface area contributed by atoms with Gasteiger partial charge in [-0.2, -0.15) is 0 Å². The Balaban J connectivity index is 2.99. The molecule has 90 valence electrons. The maximum Gasteiger partial charge on any atom is 0.139 e.